The van der Waals surface area contributed by atoms with Crippen LogP contribution in [0.15, 0.2) is 48.9 Å². The number of nitrogens with zero attached hydrogens (tertiary/aromatic N) is 5. The van der Waals surface area contributed by atoms with Crippen LogP contribution < -0.4 is 4.74 Å². The average Bonchev–Trinajstić information content (AvgIpc) is 3.46. The molecule has 10 heteroatoms. The van der Waals surface area contributed by atoms with Crippen molar-refractivity contribution in [3.8, 4) is 22.8 Å². The third-order valence-electron chi connectivity index (χ3n) is 6.79. The summed E-state index contributed by atoms with van der Waals surface area (Å²) in [6.07, 6.45) is 11.1. The summed E-state index contributed by atoms with van der Waals surface area (Å²) >= 11 is 0. The molecule has 9 nitrogen and oxygen atoms in total. The van der Waals surface area contributed by atoms with Gasteiger partial charge in [-0.1, -0.05) is 12.1 Å². The van der Waals surface area contributed by atoms with E-state index in [1.165, 1.54) is 6.26 Å². The number of pyridine rings is 1. The Kier molecular flexibility index (Phi) is 6.00. The molecule has 1 saturated heterocycles. The van der Waals surface area contributed by atoms with Crippen LogP contribution in [0.25, 0.3) is 22.0 Å². The van der Waals surface area contributed by atoms with E-state index in [0.29, 0.717) is 24.4 Å². The van der Waals surface area contributed by atoms with Gasteiger partial charge in [-0.3, -0.25) is 9.36 Å². The van der Waals surface area contributed by atoms with Gasteiger partial charge in [-0.2, -0.15) is 10.2 Å². The molecule has 1 saturated carbocycles. The molecule has 1 aliphatic carbocycles. The second-order valence-corrected chi connectivity index (χ2v) is 12.0. The van der Waals surface area contributed by atoms with Crippen LogP contribution >= 0.6 is 0 Å². The van der Waals surface area contributed by atoms with Crippen molar-refractivity contribution >= 4 is 20.7 Å². The molecule has 0 radical (unpaired) electrons. The van der Waals surface area contributed by atoms with E-state index in [1.807, 2.05) is 42.7 Å². The van der Waals surface area contributed by atoms with Gasteiger partial charge in [0.15, 0.2) is 5.75 Å². The fourth-order valence-electron chi connectivity index (χ4n) is 4.59. The van der Waals surface area contributed by atoms with E-state index in [4.69, 9.17) is 19.6 Å². The van der Waals surface area contributed by atoms with E-state index in [1.54, 1.807) is 10.9 Å². The Hall–Kier alpha value is -3.24. The molecule has 0 N–H and O–H groups in total. The van der Waals surface area contributed by atoms with Crippen molar-refractivity contribution in [3.05, 3.63) is 54.6 Å². The Morgan fingerprint density at radius 1 is 1.06 bits per heavy atom. The average molecular weight is 508 g/mol. The first-order valence-corrected chi connectivity index (χ1v) is 14.4. The number of aromatic nitrogens is 5. The summed E-state index contributed by atoms with van der Waals surface area (Å²) in [6, 6.07) is 10.4. The fraction of sp³-hybridized carbons (Fsp3) is 0.423. The van der Waals surface area contributed by atoms with Crippen molar-refractivity contribution < 1.29 is 17.9 Å². The number of fused-ring (bicyclic) bond motifs is 1. The van der Waals surface area contributed by atoms with Crippen LogP contribution in [0, 0.1) is 0 Å². The number of benzene rings is 1. The van der Waals surface area contributed by atoms with Crippen molar-refractivity contribution in [2.24, 2.45) is 0 Å². The maximum absolute atomic E-state index is 11.5. The third kappa shape index (κ3) is 5.15. The molecule has 0 amide bonds. The van der Waals surface area contributed by atoms with E-state index < -0.39 is 9.84 Å². The van der Waals surface area contributed by atoms with Gasteiger partial charge in [-0.25, -0.2) is 13.4 Å². The topological polar surface area (TPSA) is 101 Å². The number of aryl methyl sites for hydroxylation is 1. The number of ether oxygens (including phenoxy) is 2. The molecule has 1 aliphatic heterocycles. The Morgan fingerprint density at radius 2 is 1.86 bits per heavy atom. The summed E-state index contributed by atoms with van der Waals surface area (Å²) in [5.41, 5.74) is 3.69. The quantitative estimate of drug-likeness (QED) is 0.349. The zero-order chi connectivity index (χ0) is 24.7. The molecule has 0 spiro atoms. The van der Waals surface area contributed by atoms with Gasteiger partial charge in [0.1, 0.15) is 15.5 Å². The minimum absolute atomic E-state index is 0.0568. The molecule has 2 fully saturated rings. The Bertz CT molecular complexity index is 1500. The van der Waals surface area contributed by atoms with Gasteiger partial charge < -0.3 is 9.47 Å². The summed E-state index contributed by atoms with van der Waals surface area (Å²) in [5.74, 6) is 1.71. The standard InChI is InChI=1S/C26H29N5O4S/c1-36(32,33)13-10-30-16-21(15-27-30)20-3-2-18-4-7-25(28-23(18)14-20)35-24-17-31(22-5-6-22)29-26(24)19-8-11-34-12-9-19/h2-4,7,14-17,19,22H,5-6,8-13H2,1H3. The SMILES string of the molecule is CS(=O)(=O)CCn1cc(-c2ccc3ccc(Oc4cn(C5CC5)nc4C4CCOCC4)nc3c2)cn1. The predicted octanol–water partition coefficient (Wildman–Crippen LogP) is 4.36. The van der Waals surface area contributed by atoms with Crippen LogP contribution in [-0.4, -0.2) is 58.2 Å². The zero-order valence-electron chi connectivity index (χ0n) is 20.2. The minimum atomic E-state index is -3.04. The lowest BCUT2D eigenvalue weighted by Gasteiger charge is -2.21. The maximum Gasteiger partial charge on any atom is 0.219 e. The van der Waals surface area contributed by atoms with E-state index >= 15 is 0 Å². The highest BCUT2D eigenvalue weighted by Crippen LogP contribution is 2.40. The van der Waals surface area contributed by atoms with Gasteiger partial charge in [0.25, 0.3) is 0 Å². The fourth-order valence-corrected chi connectivity index (χ4v) is 5.11. The van der Waals surface area contributed by atoms with E-state index in [0.717, 1.165) is 72.4 Å². The normalized spacial score (nSPS) is 17.0. The number of hydrogen-bond acceptors (Lipinski definition) is 7. The number of hydrogen-bond donors (Lipinski definition) is 0. The van der Waals surface area contributed by atoms with Crippen molar-refractivity contribution in [2.45, 2.75) is 44.2 Å². The summed E-state index contributed by atoms with van der Waals surface area (Å²) in [4.78, 5) is 4.80. The molecule has 3 aromatic heterocycles. The molecular formula is C26H29N5O4S. The van der Waals surface area contributed by atoms with Crippen LogP contribution in [0.4, 0.5) is 0 Å². The summed E-state index contributed by atoms with van der Waals surface area (Å²) in [7, 11) is -3.04. The van der Waals surface area contributed by atoms with Crippen LogP contribution in [0.1, 0.15) is 43.3 Å². The van der Waals surface area contributed by atoms with E-state index in [2.05, 4.69) is 9.78 Å². The first kappa shape index (κ1) is 23.2. The van der Waals surface area contributed by atoms with E-state index in [9.17, 15) is 8.42 Å². The number of sulfone groups is 1. The second kappa shape index (κ2) is 9.33. The van der Waals surface area contributed by atoms with E-state index in [-0.39, 0.29) is 5.75 Å². The predicted molar refractivity (Wildman–Crippen MR) is 136 cm³/mol. The van der Waals surface area contributed by atoms with Crippen molar-refractivity contribution in [1.29, 1.82) is 0 Å². The molecule has 1 aromatic carbocycles. The molecule has 36 heavy (non-hydrogen) atoms. The second-order valence-electron chi connectivity index (χ2n) is 9.76. The molecular weight excluding hydrogens is 478 g/mol. The summed E-state index contributed by atoms with van der Waals surface area (Å²) in [6.45, 7) is 1.83. The van der Waals surface area contributed by atoms with Crippen molar-refractivity contribution in [2.75, 3.05) is 25.2 Å². The van der Waals surface area contributed by atoms with Crippen molar-refractivity contribution in [3.63, 3.8) is 0 Å². The lowest BCUT2D eigenvalue weighted by molar-refractivity contribution is 0.0839. The van der Waals surface area contributed by atoms with Gasteiger partial charge in [-0.15, -0.1) is 0 Å². The minimum Gasteiger partial charge on any atom is -0.435 e. The molecule has 6 rings (SSSR count). The first-order valence-electron chi connectivity index (χ1n) is 12.4. The van der Waals surface area contributed by atoms with Gasteiger partial charge in [0.2, 0.25) is 5.88 Å². The van der Waals surface area contributed by atoms with Crippen LogP contribution in [0.3, 0.4) is 0 Å². The molecule has 4 aromatic rings. The van der Waals surface area contributed by atoms with Gasteiger partial charge in [0, 0.05) is 48.6 Å². The highest BCUT2D eigenvalue weighted by molar-refractivity contribution is 7.90. The highest BCUT2D eigenvalue weighted by atomic mass is 32.2. The third-order valence-corrected chi connectivity index (χ3v) is 7.72. The Balaban J connectivity index is 1.26. The smallest absolute Gasteiger partial charge is 0.219 e. The molecule has 2 aliphatic rings. The molecule has 0 unspecified atom stereocenters. The molecule has 0 atom stereocenters. The van der Waals surface area contributed by atoms with Crippen LogP contribution in [0.2, 0.25) is 0 Å². The summed E-state index contributed by atoms with van der Waals surface area (Å²) in [5, 5.41) is 10.2. The monoisotopic (exact) mass is 507 g/mol. The van der Waals surface area contributed by atoms with Crippen LogP contribution in [-0.2, 0) is 21.1 Å². The van der Waals surface area contributed by atoms with Gasteiger partial charge in [-0.05, 0) is 43.4 Å². The lowest BCUT2D eigenvalue weighted by atomic mass is 9.96. The highest BCUT2D eigenvalue weighted by Gasteiger charge is 2.30. The summed E-state index contributed by atoms with van der Waals surface area (Å²) < 4.78 is 38.5. The van der Waals surface area contributed by atoms with Crippen molar-refractivity contribution in [1.82, 2.24) is 24.5 Å². The van der Waals surface area contributed by atoms with Gasteiger partial charge >= 0.3 is 0 Å². The molecule has 0 bridgehead atoms. The lowest BCUT2D eigenvalue weighted by Crippen LogP contribution is -2.15. The maximum atomic E-state index is 11.5. The molecule has 4 heterocycles. The zero-order valence-corrected chi connectivity index (χ0v) is 21.0. The van der Waals surface area contributed by atoms with Crippen LogP contribution in [0.5, 0.6) is 11.6 Å². The Labute approximate surface area is 210 Å². The molecule has 188 valence electrons. The first-order chi connectivity index (χ1) is 17.4. The van der Waals surface area contributed by atoms with Gasteiger partial charge in [0.05, 0.1) is 36.2 Å². The Morgan fingerprint density at radius 3 is 2.64 bits per heavy atom. The largest absolute Gasteiger partial charge is 0.435 e. The number of rotatable bonds is 8.